The number of rotatable bonds is 6. The van der Waals surface area contributed by atoms with Crippen molar-refractivity contribution >= 4 is 15.9 Å². The van der Waals surface area contributed by atoms with Gasteiger partial charge in [-0.2, -0.15) is 0 Å². The van der Waals surface area contributed by atoms with E-state index in [2.05, 4.69) is 35.1 Å². The van der Waals surface area contributed by atoms with Gasteiger partial charge in [-0.15, -0.1) is 0 Å². The molecule has 0 saturated carbocycles. The van der Waals surface area contributed by atoms with Gasteiger partial charge in [-0.05, 0) is 40.2 Å². The molecule has 108 valence electrons. The van der Waals surface area contributed by atoms with Crippen molar-refractivity contribution in [2.75, 3.05) is 0 Å². The van der Waals surface area contributed by atoms with Crippen LogP contribution in [0, 0.1) is 5.82 Å². The van der Waals surface area contributed by atoms with Crippen LogP contribution in [-0.4, -0.2) is 6.04 Å². The fraction of sp³-hybridized carbons (Fsp3) is 0.333. The number of hydrogen-bond acceptors (Lipinski definition) is 3. The average Bonchev–Trinajstić information content (AvgIpc) is 2.86. The summed E-state index contributed by atoms with van der Waals surface area (Å²) < 4.78 is 24.9. The van der Waals surface area contributed by atoms with Gasteiger partial charge in [0.15, 0.2) is 0 Å². The van der Waals surface area contributed by atoms with Crippen molar-refractivity contribution in [1.82, 2.24) is 5.32 Å². The van der Waals surface area contributed by atoms with E-state index in [0.717, 1.165) is 5.76 Å². The van der Waals surface area contributed by atoms with E-state index in [1.54, 1.807) is 12.1 Å². The average molecular weight is 342 g/mol. The van der Waals surface area contributed by atoms with Crippen molar-refractivity contribution in [3.05, 3.63) is 52.1 Å². The summed E-state index contributed by atoms with van der Waals surface area (Å²) in [4.78, 5) is 0. The Labute approximate surface area is 126 Å². The lowest BCUT2D eigenvalue weighted by Crippen LogP contribution is -2.21. The standard InChI is InChI=1S/C15H17BrFNO2/c1-10(2)18-8-12-3-4-13(20-12)9-19-11-5-6-14(16)15(17)7-11/h3-7,10,18H,8-9H2,1-2H3. The minimum absolute atomic E-state index is 0.281. The van der Waals surface area contributed by atoms with E-state index in [4.69, 9.17) is 9.15 Å². The number of benzene rings is 1. The topological polar surface area (TPSA) is 34.4 Å². The molecule has 0 radical (unpaired) electrons. The molecule has 2 rings (SSSR count). The lowest BCUT2D eigenvalue weighted by atomic mass is 10.3. The maximum Gasteiger partial charge on any atom is 0.146 e. The number of hydrogen-bond donors (Lipinski definition) is 1. The Hall–Kier alpha value is -1.33. The number of halogens is 2. The second-order valence-corrected chi connectivity index (χ2v) is 5.62. The van der Waals surface area contributed by atoms with E-state index in [9.17, 15) is 4.39 Å². The van der Waals surface area contributed by atoms with Gasteiger partial charge in [0.05, 0.1) is 11.0 Å². The number of furan rings is 1. The van der Waals surface area contributed by atoms with Crippen LogP contribution >= 0.6 is 15.9 Å². The fourth-order valence-electron chi connectivity index (χ4n) is 1.62. The van der Waals surface area contributed by atoms with Gasteiger partial charge in [-0.1, -0.05) is 13.8 Å². The molecular weight excluding hydrogens is 325 g/mol. The molecule has 1 aromatic carbocycles. The van der Waals surface area contributed by atoms with Crippen molar-refractivity contribution < 1.29 is 13.5 Å². The normalized spacial score (nSPS) is 11.1. The lowest BCUT2D eigenvalue weighted by Gasteiger charge is -2.06. The molecule has 0 spiro atoms. The SMILES string of the molecule is CC(C)NCc1ccc(COc2ccc(Br)c(F)c2)o1. The molecule has 0 unspecified atom stereocenters. The number of ether oxygens (including phenoxy) is 1. The van der Waals surface area contributed by atoms with E-state index >= 15 is 0 Å². The zero-order valence-electron chi connectivity index (χ0n) is 11.5. The van der Waals surface area contributed by atoms with Crippen LogP contribution in [0.4, 0.5) is 4.39 Å². The van der Waals surface area contributed by atoms with Crippen LogP contribution in [0.5, 0.6) is 5.75 Å². The molecule has 0 aliphatic heterocycles. The molecule has 0 atom stereocenters. The minimum Gasteiger partial charge on any atom is -0.486 e. The van der Waals surface area contributed by atoms with Gasteiger partial charge >= 0.3 is 0 Å². The summed E-state index contributed by atoms with van der Waals surface area (Å²) in [6.07, 6.45) is 0. The van der Waals surface area contributed by atoms with Gasteiger partial charge in [-0.25, -0.2) is 4.39 Å². The molecule has 1 heterocycles. The van der Waals surface area contributed by atoms with Gasteiger partial charge in [0.25, 0.3) is 0 Å². The van der Waals surface area contributed by atoms with Crippen molar-refractivity contribution in [3.63, 3.8) is 0 Å². The smallest absolute Gasteiger partial charge is 0.146 e. The number of nitrogens with one attached hydrogen (secondary N) is 1. The quantitative estimate of drug-likeness (QED) is 0.852. The largest absolute Gasteiger partial charge is 0.486 e. The van der Waals surface area contributed by atoms with Crippen LogP contribution in [0.2, 0.25) is 0 Å². The molecular formula is C15H17BrFNO2. The van der Waals surface area contributed by atoms with Gasteiger partial charge in [0, 0.05) is 12.1 Å². The Balaban J connectivity index is 1.89. The highest BCUT2D eigenvalue weighted by Gasteiger charge is 2.05. The predicted molar refractivity (Wildman–Crippen MR) is 79.1 cm³/mol. The summed E-state index contributed by atoms with van der Waals surface area (Å²) in [6, 6.07) is 8.85. The summed E-state index contributed by atoms with van der Waals surface area (Å²) in [7, 11) is 0. The summed E-state index contributed by atoms with van der Waals surface area (Å²) >= 11 is 3.10. The third-order valence-corrected chi connectivity index (χ3v) is 3.32. The highest BCUT2D eigenvalue weighted by molar-refractivity contribution is 9.10. The molecule has 0 saturated heterocycles. The molecule has 0 amide bonds. The molecule has 0 aliphatic carbocycles. The second kappa shape index (κ2) is 6.90. The zero-order valence-corrected chi connectivity index (χ0v) is 13.0. The van der Waals surface area contributed by atoms with Crippen molar-refractivity contribution in [2.24, 2.45) is 0 Å². The maximum absolute atomic E-state index is 13.3. The summed E-state index contributed by atoms with van der Waals surface area (Å²) in [5.41, 5.74) is 0. The van der Waals surface area contributed by atoms with Crippen LogP contribution in [0.3, 0.4) is 0 Å². The Morgan fingerprint density at radius 1 is 1.25 bits per heavy atom. The van der Waals surface area contributed by atoms with Crippen LogP contribution in [0.25, 0.3) is 0 Å². The summed E-state index contributed by atoms with van der Waals surface area (Å²) in [5, 5.41) is 3.27. The molecule has 0 aliphatic rings. The molecule has 3 nitrogen and oxygen atoms in total. The predicted octanol–water partition coefficient (Wildman–Crippen LogP) is 4.26. The van der Waals surface area contributed by atoms with Gasteiger partial charge in [0.2, 0.25) is 0 Å². The highest BCUT2D eigenvalue weighted by atomic mass is 79.9. The van der Waals surface area contributed by atoms with Crippen LogP contribution < -0.4 is 10.1 Å². The monoisotopic (exact) mass is 341 g/mol. The Morgan fingerprint density at radius 2 is 2.00 bits per heavy atom. The minimum atomic E-state index is -0.344. The van der Waals surface area contributed by atoms with E-state index < -0.39 is 0 Å². The van der Waals surface area contributed by atoms with Gasteiger partial charge in [0.1, 0.15) is 29.7 Å². The van der Waals surface area contributed by atoms with Crippen LogP contribution in [-0.2, 0) is 13.2 Å². The first kappa shape index (κ1) is 15.1. The molecule has 1 aromatic heterocycles. The van der Waals surface area contributed by atoms with Crippen LogP contribution in [0.1, 0.15) is 25.4 Å². The molecule has 0 fully saturated rings. The van der Waals surface area contributed by atoms with E-state index in [-0.39, 0.29) is 12.4 Å². The fourth-order valence-corrected chi connectivity index (χ4v) is 1.87. The first-order valence-corrected chi connectivity index (χ1v) is 7.22. The first-order chi connectivity index (χ1) is 9.54. The molecule has 2 aromatic rings. The third kappa shape index (κ3) is 4.35. The molecule has 1 N–H and O–H groups in total. The summed E-state index contributed by atoms with van der Waals surface area (Å²) in [5.74, 6) is 1.71. The molecule has 20 heavy (non-hydrogen) atoms. The second-order valence-electron chi connectivity index (χ2n) is 4.77. The van der Waals surface area contributed by atoms with E-state index in [1.165, 1.54) is 6.07 Å². The summed E-state index contributed by atoms with van der Waals surface area (Å²) in [6.45, 7) is 5.12. The van der Waals surface area contributed by atoms with Gasteiger partial charge < -0.3 is 14.5 Å². The van der Waals surface area contributed by atoms with Crippen molar-refractivity contribution in [1.29, 1.82) is 0 Å². The maximum atomic E-state index is 13.3. The Morgan fingerprint density at radius 3 is 2.70 bits per heavy atom. The molecule has 0 bridgehead atoms. The van der Waals surface area contributed by atoms with E-state index in [0.29, 0.717) is 28.6 Å². The Kier molecular flexibility index (Phi) is 5.20. The Bertz CT molecular complexity index is 569. The third-order valence-electron chi connectivity index (χ3n) is 2.67. The van der Waals surface area contributed by atoms with Crippen LogP contribution in [0.15, 0.2) is 39.2 Å². The highest BCUT2D eigenvalue weighted by Crippen LogP contribution is 2.22. The van der Waals surface area contributed by atoms with Gasteiger partial charge in [-0.3, -0.25) is 0 Å². The van der Waals surface area contributed by atoms with Crippen molar-refractivity contribution in [2.45, 2.75) is 33.0 Å². The van der Waals surface area contributed by atoms with E-state index in [1.807, 2.05) is 12.1 Å². The van der Waals surface area contributed by atoms with Crippen molar-refractivity contribution in [3.8, 4) is 5.75 Å². The zero-order chi connectivity index (χ0) is 14.5. The molecule has 5 heteroatoms. The lowest BCUT2D eigenvalue weighted by molar-refractivity contribution is 0.263. The first-order valence-electron chi connectivity index (χ1n) is 6.43.